The number of nitrogens with zero attached hydrogens (tertiary/aromatic N) is 2. The summed E-state index contributed by atoms with van der Waals surface area (Å²) in [5.41, 5.74) is 3.63. The Morgan fingerprint density at radius 3 is 2.71 bits per heavy atom. The molecule has 0 amide bonds. The highest BCUT2D eigenvalue weighted by Gasteiger charge is 2.06. The molecular formula is C18H16N2O. The van der Waals surface area contributed by atoms with Gasteiger partial charge in [-0.15, -0.1) is 0 Å². The van der Waals surface area contributed by atoms with Crippen molar-refractivity contribution >= 4 is 5.69 Å². The van der Waals surface area contributed by atoms with Crippen LogP contribution < -0.4 is 4.90 Å². The van der Waals surface area contributed by atoms with Crippen LogP contribution in [0.25, 0.3) is 0 Å². The van der Waals surface area contributed by atoms with E-state index >= 15 is 0 Å². The Hall–Kier alpha value is -2.75. The van der Waals surface area contributed by atoms with Gasteiger partial charge in [0.25, 0.3) is 0 Å². The van der Waals surface area contributed by atoms with Crippen LogP contribution in [0.2, 0.25) is 0 Å². The molecule has 0 fully saturated rings. The van der Waals surface area contributed by atoms with Crippen LogP contribution in [0.1, 0.15) is 16.7 Å². The first-order chi connectivity index (χ1) is 10.2. The standard InChI is InChI=1S/C18H16N2O/c1-20(18-10-4-6-15(12-18)13-19)14-17-8-3-2-7-16(17)9-5-11-21/h2-4,6-8,10,12,21H,11,14H2,1H3. The minimum Gasteiger partial charge on any atom is -0.384 e. The molecule has 0 radical (unpaired) electrons. The Morgan fingerprint density at radius 2 is 1.95 bits per heavy atom. The molecule has 2 aromatic carbocycles. The van der Waals surface area contributed by atoms with E-state index in [0.29, 0.717) is 12.1 Å². The van der Waals surface area contributed by atoms with Crippen molar-refractivity contribution in [3.63, 3.8) is 0 Å². The number of hydrogen-bond donors (Lipinski definition) is 1. The van der Waals surface area contributed by atoms with Crippen molar-refractivity contribution < 1.29 is 5.11 Å². The largest absolute Gasteiger partial charge is 0.384 e. The highest BCUT2D eigenvalue weighted by Crippen LogP contribution is 2.18. The summed E-state index contributed by atoms with van der Waals surface area (Å²) in [5, 5.41) is 17.8. The van der Waals surface area contributed by atoms with Crippen molar-refractivity contribution in [1.29, 1.82) is 5.26 Å². The predicted octanol–water partition coefficient (Wildman–Crippen LogP) is 2.54. The molecule has 0 aromatic heterocycles. The molecule has 0 saturated carbocycles. The van der Waals surface area contributed by atoms with Gasteiger partial charge in [0.1, 0.15) is 6.61 Å². The summed E-state index contributed by atoms with van der Waals surface area (Å²) in [6.45, 7) is 0.541. The fraction of sp³-hybridized carbons (Fsp3) is 0.167. The first-order valence-electron chi connectivity index (χ1n) is 6.63. The first kappa shape index (κ1) is 14.7. The van der Waals surface area contributed by atoms with E-state index in [9.17, 15) is 0 Å². The summed E-state index contributed by atoms with van der Waals surface area (Å²) in [7, 11) is 1.98. The van der Waals surface area contributed by atoms with E-state index in [1.54, 1.807) is 6.07 Å². The molecule has 3 heteroatoms. The molecule has 0 atom stereocenters. The second kappa shape index (κ2) is 7.14. The second-order valence-electron chi connectivity index (χ2n) is 4.64. The summed E-state index contributed by atoms with van der Waals surface area (Å²) in [6, 6.07) is 17.5. The van der Waals surface area contributed by atoms with E-state index in [2.05, 4.69) is 22.8 Å². The molecule has 0 aliphatic rings. The van der Waals surface area contributed by atoms with Gasteiger partial charge in [-0.3, -0.25) is 0 Å². The van der Waals surface area contributed by atoms with Crippen molar-refractivity contribution in [2.75, 3.05) is 18.6 Å². The zero-order valence-corrected chi connectivity index (χ0v) is 11.9. The number of benzene rings is 2. The Labute approximate surface area is 125 Å². The molecule has 2 rings (SSSR count). The molecule has 0 heterocycles. The first-order valence-corrected chi connectivity index (χ1v) is 6.63. The van der Waals surface area contributed by atoms with Gasteiger partial charge in [-0.05, 0) is 29.8 Å². The quantitative estimate of drug-likeness (QED) is 0.876. The minimum atomic E-state index is -0.144. The molecule has 0 unspecified atom stereocenters. The summed E-state index contributed by atoms with van der Waals surface area (Å²) in [5.74, 6) is 5.64. The van der Waals surface area contributed by atoms with Crippen LogP contribution in [0.5, 0.6) is 0 Å². The van der Waals surface area contributed by atoms with Crippen molar-refractivity contribution in [2.24, 2.45) is 0 Å². The lowest BCUT2D eigenvalue weighted by Crippen LogP contribution is -2.17. The van der Waals surface area contributed by atoms with Gasteiger partial charge in [0.05, 0.1) is 11.6 Å². The van der Waals surface area contributed by atoms with Gasteiger partial charge in [0.2, 0.25) is 0 Å². The molecule has 3 nitrogen and oxygen atoms in total. The third kappa shape index (κ3) is 3.86. The maximum Gasteiger partial charge on any atom is 0.104 e. The van der Waals surface area contributed by atoms with Crippen LogP contribution in [0.4, 0.5) is 5.69 Å². The monoisotopic (exact) mass is 276 g/mol. The van der Waals surface area contributed by atoms with Crippen molar-refractivity contribution in [3.05, 3.63) is 65.2 Å². The van der Waals surface area contributed by atoms with E-state index in [1.807, 2.05) is 49.5 Å². The van der Waals surface area contributed by atoms with Crippen LogP contribution in [-0.4, -0.2) is 18.8 Å². The van der Waals surface area contributed by atoms with Crippen LogP contribution in [0.3, 0.4) is 0 Å². The molecule has 0 aliphatic heterocycles. The summed E-state index contributed by atoms with van der Waals surface area (Å²) < 4.78 is 0. The second-order valence-corrected chi connectivity index (χ2v) is 4.64. The van der Waals surface area contributed by atoms with Crippen LogP contribution >= 0.6 is 0 Å². The van der Waals surface area contributed by atoms with E-state index < -0.39 is 0 Å². The zero-order chi connectivity index (χ0) is 15.1. The number of anilines is 1. The number of hydrogen-bond acceptors (Lipinski definition) is 3. The Bertz CT molecular complexity index is 720. The van der Waals surface area contributed by atoms with Gasteiger partial charge in [0, 0.05) is 24.8 Å². The van der Waals surface area contributed by atoms with E-state index in [1.165, 1.54) is 0 Å². The molecule has 104 valence electrons. The predicted molar refractivity (Wildman–Crippen MR) is 83.7 cm³/mol. The normalized spacial score (nSPS) is 9.38. The molecule has 1 N–H and O–H groups in total. The van der Waals surface area contributed by atoms with Gasteiger partial charge in [-0.25, -0.2) is 0 Å². The van der Waals surface area contributed by atoms with Crippen molar-refractivity contribution in [2.45, 2.75) is 6.54 Å². The zero-order valence-electron chi connectivity index (χ0n) is 11.9. The highest BCUT2D eigenvalue weighted by molar-refractivity contribution is 5.52. The number of rotatable bonds is 3. The third-order valence-electron chi connectivity index (χ3n) is 3.14. The Kier molecular flexibility index (Phi) is 4.99. The van der Waals surface area contributed by atoms with Gasteiger partial charge >= 0.3 is 0 Å². The van der Waals surface area contributed by atoms with E-state index in [0.717, 1.165) is 16.8 Å². The van der Waals surface area contributed by atoms with E-state index in [-0.39, 0.29) is 6.61 Å². The molecule has 0 saturated heterocycles. The molecule has 0 aliphatic carbocycles. The highest BCUT2D eigenvalue weighted by atomic mass is 16.2. The van der Waals surface area contributed by atoms with Gasteiger partial charge in [-0.1, -0.05) is 36.1 Å². The fourth-order valence-electron chi connectivity index (χ4n) is 2.07. The Morgan fingerprint density at radius 1 is 1.14 bits per heavy atom. The van der Waals surface area contributed by atoms with Crippen LogP contribution in [-0.2, 0) is 6.54 Å². The maximum absolute atomic E-state index is 8.96. The summed E-state index contributed by atoms with van der Waals surface area (Å²) in [6.07, 6.45) is 0. The lowest BCUT2D eigenvalue weighted by molar-refractivity contribution is 0.350. The number of aliphatic hydroxyl groups is 1. The molecule has 0 bridgehead atoms. The van der Waals surface area contributed by atoms with Gasteiger partial charge in [-0.2, -0.15) is 5.26 Å². The average Bonchev–Trinajstić information content (AvgIpc) is 2.54. The SMILES string of the molecule is CN(Cc1ccccc1C#CCO)c1cccc(C#N)c1. The van der Waals surface area contributed by atoms with Crippen LogP contribution in [0.15, 0.2) is 48.5 Å². The minimum absolute atomic E-state index is 0.144. The lowest BCUT2D eigenvalue weighted by Gasteiger charge is -2.20. The lowest BCUT2D eigenvalue weighted by atomic mass is 10.1. The summed E-state index contributed by atoms with van der Waals surface area (Å²) >= 11 is 0. The van der Waals surface area contributed by atoms with Crippen molar-refractivity contribution in [3.8, 4) is 17.9 Å². The average molecular weight is 276 g/mol. The molecule has 21 heavy (non-hydrogen) atoms. The van der Waals surface area contributed by atoms with Crippen LogP contribution in [0, 0.1) is 23.2 Å². The number of aliphatic hydroxyl groups excluding tert-OH is 1. The fourth-order valence-corrected chi connectivity index (χ4v) is 2.07. The van der Waals surface area contributed by atoms with Crippen molar-refractivity contribution in [1.82, 2.24) is 0 Å². The molecule has 2 aromatic rings. The topological polar surface area (TPSA) is 47.3 Å². The molecular weight excluding hydrogens is 260 g/mol. The molecule has 0 spiro atoms. The summed E-state index contributed by atoms with van der Waals surface area (Å²) in [4.78, 5) is 2.07. The van der Waals surface area contributed by atoms with Gasteiger partial charge in [0.15, 0.2) is 0 Å². The van der Waals surface area contributed by atoms with Gasteiger partial charge < -0.3 is 10.0 Å². The Balaban J connectivity index is 2.23. The third-order valence-corrected chi connectivity index (χ3v) is 3.14. The maximum atomic E-state index is 8.96. The smallest absolute Gasteiger partial charge is 0.104 e. The number of nitriles is 1. The van der Waals surface area contributed by atoms with E-state index in [4.69, 9.17) is 10.4 Å².